The van der Waals surface area contributed by atoms with Gasteiger partial charge >= 0.3 is 0 Å². The zero-order valence-corrected chi connectivity index (χ0v) is 14.2. The minimum Gasteiger partial charge on any atom is -0.344 e. The van der Waals surface area contributed by atoms with Crippen molar-refractivity contribution in [3.8, 4) is 11.4 Å². The highest BCUT2D eigenvalue weighted by Gasteiger charge is 2.21. The van der Waals surface area contributed by atoms with Gasteiger partial charge in [-0.15, -0.1) is 10.2 Å². The summed E-state index contributed by atoms with van der Waals surface area (Å²) in [6, 6.07) is 11.6. The highest BCUT2D eigenvalue weighted by Crippen LogP contribution is 2.24. The summed E-state index contributed by atoms with van der Waals surface area (Å²) in [7, 11) is 3.72. The van der Waals surface area contributed by atoms with E-state index in [-0.39, 0.29) is 11.9 Å². The molecule has 0 bridgehead atoms. The maximum atomic E-state index is 12.8. The smallest absolute Gasteiger partial charge is 0.270 e. The first kappa shape index (κ1) is 15.9. The minimum atomic E-state index is -0.0837. The molecule has 0 saturated carbocycles. The third-order valence-corrected chi connectivity index (χ3v) is 4.47. The number of nitrogens with zero attached hydrogens (tertiary/aromatic N) is 5. The van der Waals surface area contributed by atoms with Crippen LogP contribution < -0.4 is 0 Å². The van der Waals surface area contributed by atoms with E-state index in [1.165, 1.54) is 0 Å². The van der Waals surface area contributed by atoms with Gasteiger partial charge in [-0.3, -0.25) is 4.79 Å². The standard InChI is InChI=1S/C17H20N6O/c1-11-8-9-15(22(11)3)17(24)23(4)12(2)13-6-5-7-14(10-13)16-18-20-21-19-16/h5-10,12H,1-4H3,(H,18,19,20,21). The summed E-state index contributed by atoms with van der Waals surface area (Å²) < 4.78 is 1.90. The predicted molar refractivity (Wildman–Crippen MR) is 90.3 cm³/mol. The Hall–Kier alpha value is -2.96. The van der Waals surface area contributed by atoms with E-state index in [1.54, 1.807) is 4.90 Å². The van der Waals surface area contributed by atoms with E-state index in [2.05, 4.69) is 20.6 Å². The highest BCUT2D eigenvalue weighted by atomic mass is 16.2. The summed E-state index contributed by atoms with van der Waals surface area (Å²) in [6.45, 7) is 3.98. The number of tetrazole rings is 1. The van der Waals surface area contributed by atoms with E-state index < -0.39 is 0 Å². The lowest BCUT2D eigenvalue weighted by Crippen LogP contribution is -2.31. The number of aromatic amines is 1. The van der Waals surface area contributed by atoms with Gasteiger partial charge in [-0.1, -0.05) is 18.2 Å². The molecule has 0 aliphatic carbocycles. The van der Waals surface area contributed by atoms with Crippen molar-refractivity contribution in [1.29, 1.82) is 0 Å². The quantitative estimate of drug-likeness (QED) is 0.799. The maximum absolute atomic E-state index is 12.8. The molecule has 1 amide bonds. The number of hydrogen-bond donors (Lipinski definition) is 1. The molecule has 1 N–H and O–H groups in total. The van der Waals surface area contributed by atoms with Crippen molar-refractivity contribution in [2.75, 3.05) is 7.05 Å². The number of nitrogens with one attached hydrogen (secondary N) is 1. The summed E-state index contributed by atoms with van der Waals surface area (Å²) in [5.74, 6) is 0.527. The van der Waals surface area contributed by atoms with Crippen molar-refractivity contribution in [1.82, 2.24) is 30.1 Å². The monoisotopic (exact) mass is 324 g/mol. The molecular weight excluding hydrogens is 304 g/mol. The topological polar surface area (TPSA) is 79.7 Å². The van der Waals surface area contributed by atoms with E-state index >= 15 is 0 Å². The Bertz CT molecular complexity index is 852. The molecule has 0 saturated heterocycles. The molecule has 7 nitrogen and oxygen atoms in total. The summed E-state index contributed by atoms with van der Waals surface area (Å²) in [4.78, 5) is 14.5. The van der Waals surface area contributed by atoms with Gasteiger partial charge in [0.1, 0.15) is 5.69 Å². The Balaban J connectivity index is 1.86. The molecule has 7 heteroatoms. The lowest BCUT2D eigenvalue weighted by Gasteiger charge is -2.26. The van der Waals surface area contributed by atoms with Gasteiger partial charge < -0.3 is 9.47 Å². The zero-order chi connectivity index (χ0) is 17.3. The first-order chi connectivity index (χ1) is 11.5. The molecule has 3 aromatic rings. The molecule has 2 aromatic heterocycles. The highest BCUT2D eigenvalue weighted by molar-refractivity contribution is 5.93. The normalized spacial score (nSPS) is 12.2. The van der Waals surface area contributed by atoms with Gasteiger partial charge in [-0.2, -0.15) is 5.21 Å². The number of amides is 1. The van der Waals surface area contributed by atoms with E-state index in [0.29, 0.717) is 11.5 Å². The molecule has 2 heterocycles. The molecule has 0 spiro atoms. The second-order valence-electron chi connectivity index (χ2n) is 5.87. The van der Waals surface area contributed by atoms with Crippen LogP contribution in [0.5, 0.6) is 0 Å². The van der Waals surface area contributed by atoms with Crippen LogP contribution in [0, 0.1) is 6.92 Å². The zero-order valence-electron chi connectivity index (χ0n) is 14.2. The molecule has 0 aliphatic rings. The lowest BCUT2D eigenvalue weighted by molar-refractivity contribution is 0.0732. The fourth-order valence-corrected chi connectivity index (χ4v) is 2.63. The van der Waals surface area contributed by atoms with Gasteiger partial charge in [0.05, 0.1) is 6.04 Å². The number of aryl methyl sites for hydroxylation is 1. The third-order valence-electron chi connectivity index (χ3n) is 4.47. The average Bonchev–Trinajstić information content (AvgIpc) is 3.24. The Labute approximate surface area is 140 Å². The maximum Gasteiger partial charge on any atom is 0.270 e. The van der Waals surface area contributed by atoms with Crippen LogP contribution in [-0.4, -0.2) is 43.0 Å². The summed E-state index contributed by atoms with van der Waals surface area (Å²) in [6.07, 6.45) is 0. The molecular formula is C17H20N6O. The van der Waals surface area contributed by atoms with E-state index in [1.807, 2.05) is 68.9 Å². The van der Waals surface area contributed by atoms with Crippen LogP contribution >= 0.6 is 0 Å². The Kier molecular flexibility index (Phi) is 4.16. The second-order valence-corrected chi connectivity index (χ2v) is 5.87. The molecule has 124 valence electrons. The first-order valence-corrected chi connectivity index (χ1v) is 7.72. The van der Waals surface area contributed by atoms with Crippen LogP contribution in [0.15, 0.2) is 36.4 Å². The van der Waals surface area contributed by atoms with Crippen molar-refractivity contribution in [2.24, 2.45) is 7.05 Å². The van der Waals surface area contributed by atoms with Crippen LogP contribution in [0.2, 0.25) is 0 Å². The molecule has 0 aliphatic heterocycles. The number of aromatic nitrogens is 5. The van der Waals surface area contributed by atoms with Crippen molar-refractivity contribution in [3.05, 3.63) is 53.3 Å². The van der Waals surface area contributed by atoms with Crippen LogP contribution in [0.3, 0.4) is 0 Å². The molecule has 0 radical (unpaired) electrons. The minimum absolute atomic E-state index is 0.0111. The van der Waals surface area contributed by atoms with Crippen molar-refractivity contribution >= 4 is 5.91 Å². The average molecular weight is 324 g/mol. The number of benzene rings is 1. The Morgan fingerprint density at radius 2 is 2.08 bits per heavy atom. The second kappa shape index (κ2) is 6.27. The van der Waals surface area contributed by atoms with Gasteiger partial charge in [-0.05, 0) is 42.8 Å². The summed E-state index contributed by atoms with van der Waals surface area (Å²) >= 11 is 0. The number of carbonyl (C=O) groups is 1. The summed E-state index contributed by atoms with van der Waals surface area (Å²) in [5, 5.41) is 14.0. The summed E-state index contributed by atoms with van der Waals surface area (Å²) in [5.41, 5.74) is 3.61. The SMILES string of the molecule is Cc1ccc(C(=O)N(C)C(C)c2cccc(-c3nn[nH]n3)c2)n1C. The van der Waals surface area contributed by atoms with Gasteiger partial charge in [0.25, 0.3) is 5.91 Å². The predicted octanol–water partition coefficient (Wildman–Crippen LogP) is 2.35. The van der Waals surface area contributed by atoms with Crippen LogP contribution in [0.1, 0.15) is 34.7 Å². The van der Waals surface area contributed by atoms with Gasteiger partial charge in [0.2, 0.25) is 5.82 Å². The molecule has 1 unspecified atom stereocenters. The van der Waals surface area contributed by atoms with E-state index in [9.17, 15) is 4.79 Å². The molecule has 3 rings (SSSR count). The van der Waals surface area contributed by atoms with Crippen LogP contribution in [0.4, 0.5) is 0 Å². The first-order valence-electron chi connectivity index (χ1n) is 7.72. The Morgan fingerprint density at radius 3 is 2.71 bits per heavy atom. The van der Waals surface area contributed by atoms with Crippen LogP contribution in [0.25, 0.3) is 11.4 Å². The van der Waals surface area contributed by atoms with E-state index in [4.69, 9.17) is 0 Å². The number of carbonyl (C=O) groups excluding carboxylic acids is 1. The fraction of sp³-hybridized carbons (Fsp3) is 0.294. The van der Waals surface area contributed by atoms with Gasteiger partial charge in [0, 0.05) is 25.4 Å². The van der Waals surface area contributed by atoms with Gasteiger partial charge in [0.15, 0.2) is 0 Å². The molecule has 1 aromatic carbocycles. The van der Waals surface area contributed by atoms with Crippen LogP contribution in [-0.2, 0) is 7.05 Å². The lowest BCUT2D eigenvalue weighted by atomic mass is 10.0. The van der Waals surface area contributed by atoms with Gasteiger partial charge in [-0.25, -0.2) is 0 Å². The third kappa shape index (κ3) is 2.80. The van der Waals surface area contributed by atoms with Crippen molar-refractivity contribution < 1.29 is 4.79 Å². The number of rotatable bonds is 4. The Morgan fingerprint density at radius 1 is 1.29 bits per heavy atom. The largest absolute Gasteiger partial charge is 0.344 e. The number of hydrogen-bond acceptors (Lipinski definition) is 4. The van der Waals surface area contributed by atoms with Crippen molar-refractivity contribution in [2.45, 2.75) is 19.9 Å². The molecule has 24 heavy (non-hydrogen) atoms. The fourth-order valence-electron chi connectivity index (χ4n) is 2.63. The van der Waals surface area contributed by atoms with Crippen molar-refractivity contribution in [3.63, 3.8) is 0 Å². The number of H-pyrrole nitrogens is 1. The van der Waals surface area contributed by atoms with E-state index in [0.717, 1.165) is 16.8 Å². The molecule has 0 fully saturated rings. The molecule has 1 atom stereocenters.